The summed E-state index contributed by atoms with van der Waals surface area (Å²) in [5.41, 5.74) is -1.66. The van der Waals surface area contributed by atoms with E-state index in [4.69, 9.17) is 18.9 Å². The van der Waals surface area contributed by atoms with E-state index >= 15 is 0 Å². The monoisotopic (exact) mass is 392 g/mol. The molecule has 0 amide bonds. The predicted octanol–water partition coefficient (Wildman–Crippen LogP) is 1.41. The SMILES string of the molecule is CCO[C@H]1C=C[C@H](OC(C)=O)[C@@H](OC(C)=O)[C@]1(O)COC(=O)c1ccccc1. The van der Waals surface area contributed by atoms with Gasteiger partial charge in [-0.3, -0.25) is 9.59 Å². The van der Waals surface area contributed by atoms with Gasteiger partial charge >= 0.3 is 17.9 Å². The third kappa shape index (κ3) is 5.17. The van der Waals surface area contributed by atoms with Crippen LogP contribution in [0.1, 0.15) is 31.1 Å². The summed E-state index contributed by atoms with van der Waals surface area (Å²) in [5, 5.41) is 11.3. The van der Waals surface area contributed by atoms with Crippen molar-refractivity contribution < 1.29 is 38.4 Å². The Morgan fingerprint density at radius 2 is 1.68 bits per heavy atom. The van der Waals surface area contributed by atoms with Gasteiger partial charge in [-0.15, -0.1) is 0 Å². The molecule has 1 N–H and O–H groups in total. The zero-order chi connectivity index (χ0) is 20.7. The largest absolute Gasteiger partial charge is 0.459 e. The van der Waals surface area contributed by atoms with Crippen LogP contribution in [0.5, 0.6) is 0 Å². The predicted molar refractivity (Wildman–Crippen MR) is 97.3 cm³/mol. The van der Waals surface area contributed by atoms with Crippen molar-refractivity contribution in [3.05, 3.63) is 48.0 Å². The highest BCUT2D eigenvalue weighted by atomic mass is 16.6. The second kappa shape index (κ2) is 9.48. The summed E-state index contributed by atoms with van der Waals surface area (Å²) in [5.74, 6) is -1.98. The molecule has 28 heavy (non-hydrogen) atoms. The molecular formula is C20H24O8. The molecule has 8 heteroatoms. The first-order valence-electron chi connectivity index (χ1n) is 8.86. The third-order valence-electron chi connectivity index (χ3n) is 4.14. The Kier molecular flexibility index (Phi) is 7.31. The van der Waals surface area contributed by atoms with Crippen molar-refractivity contribution in [3.63, 3.8) is 0 Å². The lowest BCUT2D eigenvalue weighted by atomic mass is 9.82. The van der Waals surface area contributed by atoms with Crippen LogP contribution >= 0.6 is 0 Å². The van der Waals surface area contributed by atoms with Gasteiger partial charge in [0.15, 0.2) is 17.8 Å². The summed E-state index contributed by atoms with van der Waals surface area (Å²) in [7, 11) is 0. The fraction of sp³-hybridized carbons (Fsp3) is 0.450. The van der Waals surface area contributed by atoms with Gasteiger partial charge in [0.25, 0.3) is 0 Å². The standard InChI is InChI=1S/C20H24O8/c1-4-25-17-11-10-16(27-13(2)21)18(28-14(3)22)20(17,24)12-26-19(23)15-8-6-5-7-9-15/h5-11,16-18,24H,4,12H2,1-3H3/t16-,17-,18+,20-/m0/s1. The Labute approximate surface area is 163 Å². The van der Waals surface area contributed by atoms with Crippen molar-refractivity contribution in [2.75, 3.05) is 13.2 Å². The molecule has 1 aromatic carbocycles. The second-order valence-electron chi connectivity index (χ2n) is 6.30. The number of carbonyl (C=O) groups excluding carboxylic acids is 3. The normalized spacial score (nSPS) is 26.4. The van der Waals surface area contributed by atoms with Crippen LogP contribution in [-0.4, -0.2) is 60.1 Å². The van der Waals surface area contributed by atoms with Crippen molar-refractivity contribution in [1.29, 1.82) is 0 Å². The first-order valence-corrected chi connectivity index (χ1v) is 8.86. The number of rotatable bonds is 7. The Morgan fingerprint density at radius 3 is 2.25 bits per heavy atom. The molecule has 1 aliphatic rings. The van der Waals surface area contributed by atoms with Crippen molar-refractivity contribution in [1.82, 2.24) is 0 Å². The van der Waals surface area contributed by atoms with Gasteiger partial charge in [0.1, 0.15) is 12.7 Å². The fourth-order valence-electron chi connectivity index (χ4n) is 2.95. The van der Waals surface area contributed by atoms with Crippen LogP contribution in [0.25, 0.3) is 0 Å². The van der Waals surface area contributed by atoms with Crippen LogP contribution in [0.4, 0.5) is 0 Å². The molecule has 8 nitrogen and oxygen atoms in total. The molecule has 0 unspecified atom stereocenters. The number of hydrogen-bond donors (Lipinski definition) is 1. The molecule has 152 valence electrons. The molecule has 1 aliphatic carbocycles. The van der Waals surface area contributed by atoms with E-state index in [-0.39, 0.29) is 6.61 Å². The number of benzene rings is 1. The van der Waals surface area contributed by atoms with Crippen LogP contribution in [0.15, 0.2) is 42.5 Å². The topological polar surface area (TPSA) is 108 Å². The van der Waals surface area contributed by atoms with Crippen molar-refractivity contribution >= 4 is 17.9 Å². The maximum atomic E-state index is 12.3. The Bertz CT molecular complexity index is 729. The van der Waals surface area contributed by atoms with E-state index < -0.39 is 48.4 Å². The second-order valence-corrected chi connectivity index (χ2v) is 6.30. The minimum Gasteiger partial charge on any atom is -0.459 e. The number of esters is 3. The molecule has 0 aliphatic heterocycles. The zero-order valence-corrected chi connectivity index (χ0v) is 16.0. The van der Waals surface area contributed by atoms with Crippen molar-refractivity contribution in [2.45, 2.75) is 44.7 Å². The Morgan fingerprint density at radius 1 is 1.04 bits per heavy atom. The summed E-state index contributed by atoms with van der Waals surface area (Å²) in [6, 6.07) is 8.24. The molecule has 0 saturated carbocycles. The van der Waals surface area contributed by atoms with E-state index in [1.54, 1.807) is 37.3 Å². The highest BCUT2D eigenvalue weighted by Crippen LogP contribution is 2.32. The Hall–Kier alpha value is -2.71. The number of hydrogen-bond acceptors (Lipinski definition) is 8. The molecule has 2 rings (SSSR count). The molecule has 0 radical (unpaired) electrons. The van der Waals surface area contributed by atoms with E-state index in [1.807, 2.05) is 0 Å². The van der Waals surface area contributed by atoms with E-state index in [0.29, 0.717) is 5.56 Å². The summed E-state index contributed by atoms with van der Waals surface area (Å²) in [6.07, 6.45) is -0.356. The lowest BCUT2D eigenvalue weighted by molar-refractivity contribution is -0.217. The Balaban J connectivity index is 2.30. The van der Waals surface area contributed by atoms with Gasteiger partial charge in [0.2, 0.25) is 0 Å². The van der Waals surface area contributed by atoms with Gasteiger partial charge in [-0.1, -0.05) is 24.3 Å². The molecule has 1 aromatic rings. The summed E-state index contributed by atoms with van der Waals surface area (Å²) in [6.45, 7) is 3.79. The highest BCUT2D eigenvalue weighted by molar-refractivity contribution is 5.89. The average Bonchev–Trinajstić information content (AvgIpc) is 2.65. The minimum absolute atomic E-state index is 0.245. The molecule has 0 spiro atoms. The van der Waals surface area contributed by atoms with Crippen LogP contribution in [0, 0.1) is 0 Å². The fourth-order valence-corrected chi connectivity index (χ4v) is 2.95. The maximum absolute atomic E-state index is 12.3. The molecule has 0 fully saturated rings. The maximum Gasteiger partial charge on any atom is 0.338 e. The van der Waals surface area contributed by atoms with E-state index in [9.17, 15) is 19.5 Å². The van der Waals surface area contributed by atoms with Gasteiger partial charge in [-0.25, -0.2) is 4.79 Å². The average molecular weight is 392 g/mol. The molecule has 0 aromatic heterocycles. The van der Waals surface area contributed by atoms with E-state index in [1.165, 1.54) is 19.1 Å². The minimum atomic E-state index is -1.96. The van der Waals surface area contributed by atoms with E-state index in [2.05, 4.69) is 0 Å². The van der Waals surface area contributed by atoms with Gasteiger partial charge in [0.05, 0.1) is 5.56 Å². The first kappa shape index (κ1) is 21.6. The summed E-state index contributed by atoms with van der Waals surface area (Å²) in [4.78, 5) is 35.3. The van der Waals surface area contributed by atoms with Crippen LogP contribution in [0.2, 0.25) is 0 Å². The first-order chi connectivity index (χ1) is 13.3. The van der Waals surface area contributed by atoms with Gasteiger partial charge in [-0.2, -0.15) is 0 Å². The molecular weight excluding hydrogens is 368 g/mol. The smallest absolute Gasteiger partial charge is 0.338 e. The molecule has 0 heterocycles. The highest BCUT2D eigenvalue weighted by Gasteiger charge is 2.54. The number of ether oxygens (including phenoxy) is 4. The summed E-state index contributed by atoms with van der Waals surface area (Å²) < 4.78 is 21.2. The van der Waals surface area contributed by atoms with Crippen LogP contribution in [-0.2, 0) is 28.5 Å². The molecule has 4 atom stereocenters. The van der Waals surface area contributed by atoms with Gasteiger partial charge in [-0.05, 0) is 25.1 Å². The van der Waals surface area contributed by atoms with Crippen molar-refractivity contribution in [3.8, 4) is 0 Å². The number of carbonyl (C=O) groups is 3. The number of aliphatic hydroxyl groups is 1. The molecule has 0 saturated heterocycles. The lowest BCUT2D eigenvalue weighted by Gasteiger charge is -2.43. The molecule has 0 bridgehead atoms. The summed E-state index contributed by atoms with van der Waals surface area (Å²) >= 11 is 0. The zero-order valence-electron chi connectivity index (χ0n) is 16.0. The van der Waals surface area contributed by atoms with Gasteiger partial charge < -0.3 is 24.1 Å². The van der Waals surface area contributed by atoms with Gasteiger partial charge in [0, 0.05) is 20.5 Å². The van der Waals surface area contributed by atoms with E-state index in [0.717, 1.165) is 6.92 Å². The third-order valence-corrected chi connectivity index (χ3v) is 4.14. The van der Waals surface area contributed by atoms with Crippen LogP contribution in [0.3, 0.4) is 0 Å². The quantitative estimate of drug-likeness (QED) is 0.422. The van der Waals surface area contributed by atoms with Crippen molar-refractivity contribution in [2.24, 2.45) is 0 Å². The van der Waals surface area contributed by atoms with Crippen LogP contribution < -0.4 is 0 Å². The lowest BCUT2D eigenvalue weighted by Crippen LogP contribution is -2.63.